The molecule has 1 heterocycles. The molecule has 2 rings (SSSR count). The number of aliphatic carboxylic acids is 2. The van der Waals surface area contributed by atoms with Gasteiger partial charge in [-0.3, -0.25) is 0 Å². The van der Waals surface area contributed by atoms with Gasteiger partial charge < -0.3 is 20.9 Å². The van der Waals surface area contributed by atoms with Gasteiger partial charge in [0, 0.05) is 17.8 Å². The Morgan fingerprint density at radius 3 is 2.33 bits per heavy atom. The first-order chi connectivity index (χ1) is 8.43. The molecule has 0 atom stereocenters. The Balaban J connectivity index is 0.000000232. The third-order valence-corrected chi connectivity index (χ3v) is 2.24. The second kappa shape index (κ2) is 5.83. The number of benzene rings is 1. The summed E-state index contributed by atoms with van der Waals surface area (Å²) in [4.78, 5) is 21.5. The number of aryl methyl sites for hydroxylation is 1. The van der Waals surface area contributed by atoms with Crippen molar-refractivity contribution in [3.63, 3.8) is 0 Å². The number of aromatic nitrogens is 1. The summed E-state index contributed by atoms with van der Waals surface area (Å²) in [5, 5.41) is 16.0. The van der Waals surface area contributed by atoms with Crippen LogP contribution in [-0.2, 0) is 16.1 Å². The standard InChI is InChI=1S/C10H12N2.C2H2O4/c1-7-4-9-5-8(6-11)2-3-10(9)12-7;3-1(4)2(5)6/h2-5,12H,6,11H2,1H3;(H,3,4)(H,5,6). The van der Waals surface area contributed by atoms with Crippen molar-refractivity contribution in [2.75, 3.05) is 0 Å². The van der Waals surface area contributed by atoms with E-state index >= 15 is 0 Å². The number of carboxylic acid groups (broad SMARTS) is 2. The van der Waals surface area contributed by atoms with E-state index in [1.807, 2.05) is 0 Å². The van der Waals surface area contributed by atoms with Crippen LogP contribution in [0, 0.1) is 6.92 Å². The molecule has 1 aromatic carbocycles. The van der Waals surface area contributed by atoms with Gasteiger partial charge in [-0.2, -0.15) is 0 Å². The fraction of sp³-hybridized carbons (Fsp3) is 0.167. The van der Waals surface area contributed by atoms with E-state index in [2.05, 4.69) is 36.2 Å². The highest BCUT2D eigenvalue weighted by Gasteiger charge is 2.04. The third-order valence-electron chi connectivity index (χ3n) is 2.24. The highest BCUT2D eigenvalue weighted by atomic mass is 16.4. The smallest absolute Gasteiger partial charge is 0.414 e. The number of nitrogens with two attached hydrogens (primary N) is 1. The zero-order chi connectivity index (χ0) is 13.7. The van der Waals surface area contributed by atoms with Crippen molar-refractivity contribution in [1.82, 2.24) is 4.98 Å². The number of hydrogen-bond donors (Lipinski definition) is 4. The predicted molar refractivity (Wildman–Crippen MR) is 66.2 cm³/mol. The molecule has 18 heavy (non-hydrogen) atoms. The largest absolute Gasteiger partial charge is 0.473 e. The van der Waals surface area contributed by atoms with Crippen molar-refractivity contribution in [3.8, 4) is 0 Å². The summed E-state index contributed by atoms with van der Waals surface area (Å²) in [5.41, 5.74) is 9.10. The maximum Gasteiger partial charge on any atom is 0.414 e. The highest BCUT2D eigenvalue weighted by Crippen LogP contribution is 2.16. The molecule has 0 spiro atoms. The van der Waals surface area contributed by atoms with Gasteiger partial charge in [0.25, 0.3) is 0 Å². The van der Waals surface area contributed by atoms with Gasteiger partial charge in [-0.15, -0.1) is 0 Å². The number of H-pyrrole nitrogens is 1. The lowest BCUT2D eigenvalue weighted by Crippen LogP contribution is -2.09. The van der Waals surface area contributed by atoms with Gasteiger partial charge in [-0.25, -0.2) is 9.59 Å². The molecular weight excluding hydrogens is 236 g/mol. The van der Waals surface area contributed by atoms with Crippen molar-refractivity contribution in [1.29, 1.82) is 0 Å². The van der Waals surface area contributed by atoms with Crippen molar-refractivity contribution in [3.05, 3.63) is 35.5 Å². The Kier molecular flexibility index (Phi) is 4.45. The van der Waals surface area contributed by atoms with Gasteiger partial charge in [-0.05, 0) is 36.1 Å². The maximum atomic E-state index is 9.10. The average Bonchev–Trinajstić information content (AvgIpc) is 2.68. The van der Waals surface area contributed by atoms with Crippen LogP contribution in [-0.4, -0.2) is 27.1 Å². The lowest BCUT2D eigenvalue weighted by atomic mass is 10.1. The molecule has 0 unspecified atom stereocenters. The minimum absolute atomic E-state index is 0.611. The summed E-state index contributed by atoms with van der Waals surface area (Å²) in [6.45, 7) is 2.67. The highest BCUT2D eigenvalue weighted by molar-refractivity contribution is 6.27. The van der Waals surface area contributed by atoms with E-state index in [0.29, 0.717) is 6.54 Å². The average molecular weight is 250 g/mol. The number of aromatic amines is 1. The van der Waals surface area contributed by atoms with E-state index in [9.17, 15) is 0 Å². The SMILES string of the molecule is Cc1cc2cc(CN)ccc2[nH]1.O=C(O)C(=O)O. The molecular formula is C12H14N2O4. The molecule has 0 bridgehead atoms. The molecule has 0 fully saturated rings. The summed E-state index contributed by atoms with van der Waals surface area (Å²) in [7, 11) is 0. The normalized spacial score (nSPS) is 9.67. The van der Waals surface area contributed by atoms with Crippen molar-refractivity contribution in [2.24, 2.45) is 5.73 Å². The number of carboxylic acids is 2. The van der Waals surface area contributed by atoms with E-state index in [1.165, 1.54) is 22.2 Å². The van der Waals surface area contributed by atoms with Crippen molar-refractivity contribution >= 4 is 22.8 Å². The quantitative estimate of drug-likeness (QED) is 0.565. The molecule has 2 aromatic rings. The molecule has 1 aromatic heterocycles. The van der Waals surface area contributed by atoms with Gasteiger partial charge >= 0.3 is 11.9 Å². The second-order valence-corrected chi connectivity index (χ2v) is 3.69. The lowest BCUT2D eigenvalue weighted by molar-refractivity contribution is -0.159. The van der Waals surface area contributed by atoms with Crippen LogP contribution in [0.15, 0.2) is 24.3 Å². The fourth-order valence-electron chi connectivity index (χ4n) is 1.45. The van der Waals surface area contributed by atoms with E-state index in [0.717, 1.165) is 0 Å². The number of fused-ring (bicyclic) bond motifs is 1. The molecule has 96 valence electrons. The minimum atomic E-state index is -1.82. The number of rotatable bonds is 1. The van der Waals surface area contributed by atoms with Crippen LogP contribution in [0.4, 0.5) is 0 Å². The topological polar surface area (TPSA) is 116 Å². The Labute approximate surface area is 103 Å². The molecule has 5 N–H and O–H groups in total. The lowest BCUT2D eigenvalue weighted by Gasteiger charge is -1.94. The van der Waals surface area contributed by atoms with Crippen LogP contribution >= 0.6 is 0 Å². The van der Waals surface area contributed by atoms with Crippen LogP contribution in [0.2, 0.25) is 0 Å². The number of hydrogen-bond acceptors (Lipinski definition) is 3. The molecule has 0 aliphatic carbocycles. The minimum Gasteiger partial charge on any atom is -0.473 e. The first-order valence-electron chi connectivity index (χ1n) is 5.18. The van der Waals surface area contributed by atoms with Crippen LogP contribution in [0.3, 0.4) is 0 Å². The maximum absolute atomic E-state index is 9.10. The molecule has 0 saturated carbocycles. The van der Waals surface area contributed by atoms with E-state index in [-0.39, 0.29) is 0 Å². The second-order valence-electron chi connectivity index (χ2n) is 3.69. The fourth-order valence-corrected chi connectivity index (χ4v) is 1.45. The Morgan fingerprint density at radius 1 is 1.22 bits per heavy atom. The van der Waals surface area contributed by atoms with E-state index in [1.54, 1.807) is 0 Å². The van der Waals surface area contributed by atoms with Gasteiger partial charge in [0.15, 0.2) is 0 Å². The molecule has 0 amide bonds. The Hall–Kier alpha value is -2.34. The molecule has 0 aliphatic rings. The molecule has 0 radical (unpaired) electrons. The van der Waals surface area contributed by atoms with Crippen molar-refractivity contribution in [2.45, 2.75) is 13.5 Å². The number of nitrogens with one attached hydrogen (secondary N) is 1. The van der Waals surface area contributed by atoms with Gasteiger partial charge in [-0.1, -0.05) is 6.07 Å². The zero-order valence-corrected chi connectivity index (χ0v) is 9.80. The zero-order valence-electron chi connectivity index (χ0n) is 9.80. The van der Waals surface area contributed by atoms with Gasteiger partial charge in [0.1, 0.15) is 0 Å². The third kappa shape index (κ3) is 3.60. The van der Waals surface area contributed by atoms with Crippen LogP contribution < -0.4 is 5.73 Å². The first kappa shape index (κ1) is 13.7. The summed E-state index contributed by atoms with van der Waals surface area (Å²) in [6, 6.07) is 8.39. The molecule has 0 saturated heterocycles. The molecule has 6 heteroatoms. The summed E-state index contributed by atoms with van der Waals surface area (Å²) in [6.07, 6.45) is 0. The van der Waals surface area contributed by atoms with E-state index < -0.39 is 11.9 Å². The predicted octanol–water partition coefficient (Wildman–Crippen LogP) is 1.09. The number of carbonyl (C=O) groups is 2. The van der Waals surface area contributed by atoms with Crippen LogP contribution in [0.25, 0.3) is 10.9 Å². The van der Waals surface area contributed by atoms with Crippen molar-refractivity contribution < 1.29 is 19.8 Å². The van der Waals surface area contributed by atoms with Gasteiger partial charge in [0.2, 0.25) is 0 Å². The molecule has 0 aliphatic heterocycles. The monoisotopic (exact) mass is 250 g/mol. The van der Waals surface area contributed by atoms with Crippen LogP contribution in [0.5, 0.6) is 0 Å². The summed E-state index contributed by atoms with van der Waals surface area (Å²) < 4.78 is 0. The van der Waals surface area contributed by atoms with E-state index in [4.69, 9.17) is 25.5 Å². The Bertz CT molecular complexity index is 562. The summed E-state index contributed by atoms with van der Waals surface area (Å²) >= 11 is 0. The van der Waals surface area contributed by atoms with Crippen LogP contribution in [0.1, 0.15) is 11.3 Å². The molecule has 6 nitrogen and oxygen atoms in total. The Morgan fingerprint density at radius 2 is 1.83 bits per heavy atom. The first-order valence-corrected chi connectivity index (χ1v) is 5.18. The van der Waals surface area contributed by atoms with Gasteiger partial charge in [0.05, 0.1) is 0 Å². The summed E-state index contributed by atoms with van der Waals surface area (Å²) in [5.74, 6) is -3.65.